The van der Waals surface area contributed by atoms with E-state index in [4.69, 9.17) is 0 Å². The van der Waals surface area contributed by atoms with Crippen LogP contribution in [0, 0.1) is 0 Å². The van der Waals surface area contributed by atoms with E-state index >= 15 is 0 Å². The van der Waals surface area contributed by atoms with Crippen molar-refractivity contribution in [1.82, 2.24) is 0 Å². The molecule has 0 fully saturated rings. The fourth-order valence-corrected chi connectivity index (χ4v) is 1.60. The Labute approximate surface area is 127 Å². The molecule has 0 amide bonds. The monoisotopic (exact) mass is 250 g/mol. The van der Waals surface area contributed by atoms with Gasteiger partial charge in [0.2, 0.25) is 0 Å². The molecule has 0 aliphatic rings. The number of aliphatic hydroxyl groups is 1. The van der Waals surface area contributed by atoms with Crippen LogP contribution in [0.25, 0.3) is 0 Å². The van der Waals surface area contributed by atoms with Gasteiger partial charge in [-0.3, -0.25) is 0 Å². The van der Waals surface area contributed by atoms with Crippen LogP contribution < -0.4 is 34.7 Å². The van der Waals surface area contributed by atoms with E-state index in [1.165, 1.54) is 38.2 Å². The zero-order valence-electron chi connectivity index (χ0n) is 11.2. The number of carboxylic acid groups (broad SMARTS) is 1. The van der Waals surface area contributed by atoms with Crippen molar-refractivity contribution in [2.45, 2.75) is 64.4 Å². The molecule has 0 saturated heterocycles. The number of unbranched alkanes of at least 4 members (excludes halogenated alkanes) is 6. The van der Waals surface area contributed by atoms with Crippen LogP contribution in [0.1, 0.15) is 58.3 Å². The molecule has 4 heteroatoms. The molecule has 0 aliphatic heterocycles. The Morgan fingerprint density at radius 3 is 2.24 bits per heavy atom. The van der Waals surface area contributed by atoms with Gasteiger partial charge in [-0.25, -0.2) is 0 Å². The molecule has 0 rings (SSSR count). The molecule has 1 unspecified atom stereocenters. The van der Waals surface area contributed by atoms with Crippen molar-refractivity contribution >= 4 is 5.97 Å². The number of hydrogen-bond acceptors (Lipinski definition) is 3. The predicted molar refractivity (Wildman–Crippen MR) is 62.8 cm³/mol. The Morgan fingerprint density at radius 2 is 1.71 bits per heavy atom. The molecule has 0 bridgehead atoms. The van der Waals surface area contributed by atoms with Gasteiger partial charge < -0.3 is 15.0 Å². The molecule has 0 aromatic heterocycles. The second-order valence-electron chi connectivity index (χ2n) is 4.16. The van der Waals surface area contributed by atoms with Crippen LogP contribution in [0.15, 0.2) is 12.2 Å². The first-order valence-electron chi connectivity index (χ1n) is 6.24. The SMILES string of the molecule is CCCCCCCCCC(O)C=CC(=O)[O-].[Na+]. The van der Waals surface area contributed by atoms with Gasteiger partial charge in [-0.05, 0) is 12.5 Å². The van der Waals surface area contributed by atoms with E-state index in [0.717, 1.165) is 18.9 Å². The van der Waals surface area contributed by atoms with Crippen molar-refractivity contribution < 1.29 is 44.6 Å². The first-order chi connectivity index (χ1) is 7.66. The quantitative estimate of drug-likeness (QED) is 0.301. The molecule has 17 heavy (non-hydrogen) atoms. The molecule has 0 heterocycles. The zero-order valence-corrected chi connectivity index (χ0v) is 13.2. The Kier molecular flexibility index (Phi) is 16.3. The topological polar surface area (TPSA) is 60.4 Å². The van der Waals surface area contributed by atoms with Crippen LogP contribution in [-0.4, -0.2) is 17.2 Å². The third kappa shape index (κ3) is 16.2. The molecule has 94 valence electrons. The average molecular weight is 250 g/mol. The molecule has 0 spiro atoms. The van der Waals surface area contributed by atoms with Crippen molar-refractivity contribution in [2.24, 2.45) is 0 Å². The second kappa shape index (κ2) is 14.2. The number of aliphatic carboxylic acids is 1. The molecule has 0 aromatic rings. The van der Waals surface area contributed by atoms with E-state index in [1.807, 2.05) is 0 Å². The van der Waals surface area contributed by atoms with Gasteiger partial charge >= 0.3 is 29.6 Å². The molecule has 1 N–H and O–H groups in total. The molecule has 0 aromatic carbocycles. The first-order valence-corrected chi connectivity index (χ1v) is 6.24. The molecule has 3 nitrogen and oxygen atoms in total. The van der Waals surface area contributed by atoms with Crippen LogP contribution in [0.4, 0.5) is 0 Å². The maximum Gasteiger partial charge on any atom is 1.00 e. The summed E-state index contributed by atoms with van der Waals surface area (Å²) in [6, 6.07) is 0. The van der Waals surface area contributed by atoms with Gasteiger partial charge in [-0.1, -0.05) is 57.9 Å². The summed E-state index contributed by atoms with van der Waals surface area (Å²) in [6.07, 6.45) is 10.6. The van der Waals surface area contributed by atoms with Crippen molar-refractivity contribution in [3.8, 4) is 0 Å². The summed E-state index contributed by atoms with van der Waals surface area (Å²) in [5, 5.41) is 19.4. The Bertz CT molecular complexity index is 205. The van der Waals surface area contributed by atoms with Crippen molar-refractivity contribution in [1.29, 1.82) is 0 Å². The minimum Gasteiger partial charge on any atom is -0.545 e. The van der Waals surface area contributed by atoms with E-state index in [9.17, 15) is 15.0 Å². The average Bonchev–Trinajstić information content (AvgIpc) is 2.25. The van der Waals surface area contributed by atoms with Gasteiger partial charge in [0, 0.05) is 0 Å². The maximum absolute atomic E-state index is 10.1. The number of carbonyl (C=O) groups excluding carboxylic acids is 1. The maximum atomic E-state index is 10.1. The summed E-state index contributed by atoms with van der Waals surface area (Å²) in [4.78, 5) is 10.1. The summed E-state index contributed by atoms with van der Waals surface area (Å²) in [6.45, 7) is 2.19. The number of carboxylic acids is 1. The van der Waals surface area contributed by atoms with Gasteiger partial charge in [-0.15, -0.1) is 0 Å². The van der Waals surface area contributed by atoms with Crippen LogP contribution in [0.5, 0.6) is 0 Å². The van der Waals surface area contributed by atoms with Crippen LogP contribution >= 0.6 is 0 Å². The summed E-state index contributed by atoms with van der Waals surface area (Å²) >= 11 is 0. The molecular weight excluding hydrogens is 227 g/mol. The summed E-state index contributed by atoms with van der Waals surface area (Å²) in [5.74, 6) is -1.25. The van der Waals surface area contributed by atoms with E-state index in [2.05, 4.69) is 6.92 Å². The fraction of sp³-hybridized carbons (Fsp3) is 0.769. The third-order valence-corrected chi connectivity index (χ3v) is 2.56. The third-order valence-electron chi connectivity index (χ3n) is 2.56. The van der Waals surface area contributed by atoms with Crippen molar-refractivity contribution in [3.05, 3.63) is 12.2 Å². The zero-order chi connectivity index (χ0) is 12.2. The van der Waals surface area contributed by atoms with Gasteiger partial charge in [0.25, 0.3) is 0 Å². The van der Waals surface area contributed by atoms with E-state index in [0.29, 0.717) is 6.42 Å². The fourth-order valence-electron chi connectivity index (χ4n) is 1.60. The number of carbonyl (C=O) groups is 1. The first kappa shape index (κ1) is 19.5. The summed E-state index contributed by atoms with van der Waals surface area (Å²) in [5.41, 5.74) is 0. The van der Waals surface area contributed by atoms with E-state index in [-0.39, 0.29) is 29.6 Å². The van der Waals surface area contributed by atoms with E-state index < -0.39 is 12.1 Å². The number of hydrogen-bond donors (Lipinski definition) is 1. The largest absolute Gasteiger partial charge is 1.00 e. The minimum atomic E-state index is -1.25. The van der Waals surface area contributed by atoms with Gasteiger partial charge in [0.1, 0.15) is 0 Å². The molecule has 0 radical (unpaired) electrons. The van der Waals surface area contributed by atoms with Gasteiger partial charge in [0.05, 0.1) is 12.1 Å². The van der Waals surface area contributed by atoms with Gasteiger partial charge in [0.15, 0.2) is 0 Å². The summed E-state index contributed by atoms with van der Waals surface area (Å²) in [7, 11) is 0. The molecule has 1 atom stereocenters. The molecule has 0 aliphatic carbocycles. The second-order valence-corrected chi connectivity index (χ2v) is 4.16. The summed E-state index contributed by atoms with van der Waals surface area (Å²) < 4.78 is 0. The minimum absolute atomic E-state index is 0. The van der Waals surface area contributed by atoms with E-state index in [1.54, 1.807) is 0 Å². The Morgan fingerprint density at radius 1 is 1.18 bits per heavy atom. The standard InChI is InChI=1S/C13H24O3.Na/c1-2-3-4-5-6-7-8-9-12(14)10-11-13(15)16;/h10-12,14H,2-9H2,1H3,(H,15,16);/q;+1/p-1. The molecular formula is C13H23NaO3. The Balaban J connectivity index is 0. The normalized spacial score (nSPS) is 12.4. The smallest absolute Gasteiger partial charge is 0.545 e. The molecule has 0 saturated carbocycles. The predicted octanol–water partition coefficient (Wildman–Crippen LogP) is -1.20. The van der Waals surface area contributed by atoms with Crippen LogP contribution in [-0.2, 0) is 4.79 Å². The van der Waals surface area contributed by atoms with Crippen molar-refractivity contribution in [3.63, 3.8) is 0 Å². The number of rotatable bonds is 10. The van der Waals surface area contributed by atoms with Gasteiger partial charge in [-0.2, -0.15) is 0 Å². The van der Waals surface area contributed by atoms with Crippen LogP contribution in [0.2, 0.25) is 0 Å². The van der Waals surface area contributed by atoms with Crippen molar-refractivity contribution in [2.75, 3.05) is 0 Å². The Hall–Kier alpha value is 0.170. The number of aliphatic hydroxyl groups excluding tert-OH is 1. The van der Waals surface area contributed by atoms with Crippen LogP contribution in [0.3, 0.4) is 0 Å².